The van der Waals surface area contributed by atoms with E-state index in [9.17, 15) is 14.4 Å². The number of hydrogen-bond donors (Lipinski definition) is 1. The fourth-order valence-electron chi connectivity index (χ4n) is 3.01. The monoisotopic (exact) mass is 356 g/mol. The highest BCUT2D eigenvalue weighted by molar-refractivity contribution is 5.77. The number of rotatable bonds is 7. The first-order valence-corrected chi connectivity index (χ1v) is 8.98. The van der Waals surface area contributed by atoms with Gasteiger partial charge in [-0.15, -0.1) is 0 Å². The number of carboxylic acid groups (broad SMARTS) is 1. The van der Waals surface area contributed by atoms with Gasteiger partial charge in [0.15, 0.2) is 0 Å². The Bertz CT molecular complexity index is 401. The lowest BCUT2D eigenvalue weighted by Gasteiger charge is -2.32. The van der Waals surface area contributed by atoms with E-state index in [0.717, 1.165) is 39.0 Å². The second-order valence-electron chi connectivity index (χ2n) is 6.55. The second-order valence-corrected chi connectivity index (χ2v) is 6.55. The summed E-state index contributed by atoms with van der Waals surface area (Å²) in [6.07, 6.45) is 0.877. The summed E-state index contributed by atoms with van der Waals surface area (Å²) in [4.78, 5) is 41.9. The van der Waals surface area contributed by atoms with Crippen molar-refractivity contribution in [1.82, 2.24) is 19.6 Å². The summed E-state index contributed by atoms with van der Waals surface area (Å²) in [6, 6.07) is 0. The highest BCUT2D eigenvalue weighted by atomic mass is 16.4. The number of hydrogen-bond acceptors (Lipinski definition) is 7. The topological polar surface area (TPSA) is 84.4 Å². The first kappa shape index (κ1) is 21.7. The lowest BCUT2D eigenvalue weighted by molar-refractivity contribution is -0.138. The van der Waals surface area contributed by atoms with Gasteiger partial charge in [0.2, 0.25) is 0 Å². The van der Waals surface area contributed by atoms with E-state index >= 15 is 0 Å². The van der Waals surface area contributed by atoms with Gasteiger partial charge < -0.3 is 14.8 Å². The van der Waals surface area contributed by atoms with Gasteiger partial charge in [-0.2, -0.15) is 0 Å². The molecule has 0 atom stereocenters. The minimum atomic E-state index is -0.829. The molecule has 0 amide bonds. The van der Waals surface area contributed by atoms with Crippen molar-refractivity contribution in [2.24, 2.45) is 0 Å². The van der Waals surface area contributed by atoms with Crippen LogP contribution in [-0.4, -0.2) is 121 Å². The first-order valence-electron chi connectivity index (χ1n) is 8.98. The largest absolute Gasteiger partial charge is 0.480 e. The van der Waals surface area contributed by atoms with Gasteiger partial charge >= 0.3 is 5.97 Å². The predicted octanol–water partition coefficient (Wildman–Crippen LogP) is -0.900. The molecule has 0 aromatic heterocycles. The van der Waals surface area contributed by atoms with Crippen molar-refractivity contribution in [3.05, 3.63) is 0 Å². The van der Waals surface area contributed by atoms with Crippen LogP contribution in [0.25, 0.3) is 0 Å². The van der Waals surface area contributed by atoms with Crippen LogP contribution in [0.1, 0.15) is 13.8 Å². The molecule has 0 spiro atoms. The fraction of sp³-hybridized carbons (Fsp3) is 0.824. The molecule has 25 heavy (non-hydrogen) atoms. The van der Waals surface area contributed by atoms with E-state index < -0.39 is 5.97 Å². The standard InChI is InChI=1S/C17H32N4O4/c1-3-18-4-8-20(14-16(2)23)10-6-19(12-13-22)7-11-21(9-5-18)15-17(24)25/h13H,3-12,14-15H2,1-2H3,(H,24,25). The number of nitrogens with zero attached hydrogens (tertiary/aromatic N) is 4. The molecule has 8 heteroatoms. The van der Waals surface area contributed by atoms with Gasteiger partial charge in [0, 0.05) is 52.4 Å². The number of Topliss-reactive ketones (excluding diaryl/α,β-unsaturated/α-hetero) is 1. The summed E-state index contributed by atoms with van der Waals surface area (Å²) in [5.41, 5.74) is 0. The molecule has 0 saturated carbocycles. The van der Waals surface area contributed by atoms with E-state index in [2.05, 4.69) is 16.7 Å². The quantitative estimate of drug-likeness (QED) is 0.588. The van der Waals surface area contributed by atoms with Crippen LogP contribution in [-0.2, 0) is 14.4 Å². The lowest BCUT2D eigenvalue weighted by atomic mass is 10.3. The number of carbonyl (C=O) groups excluding carboxylic acids is 2. The summed E-state index contributed by atoms with van der Waals surface area (Å²) >= 11 is 0. The zero-order valence-electron chi connectivity index (χ0n) is 15.5. The van der Waals surface area contributed by atoms with Crippen LogP contribution in [0.5, 0.6) is 0 Å². The molecule has 1 heterocycles. The van der Waals surface area contributed by atoms with Gasteiger partial charge in [0.1, 0.15) is 12.1 Å². The Morgan fingerprint density at radius 1 is 0.840 bits per heavy atom. The molecule has 0 aromatic carbocycles. The second kappa shape index (κ2) is 12.1. The Morgan fingerprint density at radius 2 is 1.28 bits per heavy atom. The lowest BCUT2D eigenvalue weighted by Crippen LogP contribution is -2.47. The number of aldehydes is 1. The SMILES string of the molecule is CCN1CCN(CC(C)=O)CCN(CC=O)CCN(CC(=O)O)CC1. The zero-order chi connectivity index (χ0) is 18.7. The van der Waals surface area contributed by atoms with E-state index in [4.69, 9.17) is 5.11 Å². The third kappa shape index (κ3) is 9.64. The van der Waals surface area contributed by atoms with E-state index in [1.165, 1.54) is 0 Å². The summed E-state index contributed by atoms with van der Waals surface area (Å²) in [5.74, 6) is -0.686. The van der Waals surface area contributed by atoms with Crippen molar-refractivity contribution >= 4 is 18.0 Å². The highest BCUT2D eigenvalue weighted by Gasteiger charge is 2.17. The van der Waals surface area contributed by atoms with Gasteiger partial charge in [0.05, 0.1) is 19.6 Å². The molecule has 1 N–H and O–H groups in total. The van der Waals surface area contributed by atoms with Crippen LogP contribution in [0.3, 0.4) is 0 Å². The number of ketones is 1. The van der Waals surface area contributed by atoms with Gasteiger partial charge in [0.25, 0.3) is 0 Å². The predicted molar refractivity (Wildman–Crippen MR) is 95.8 cm³/mol. The van der Waals surface area contributed by atoms with Crippen LogP contribution in [0.15, 0.2) is 0 Å². The molecule has 144 valence electrons. The molecule has 1 aliphatic rings. The van der Waals surface area contributed by atoms with Crippen molar-refractivity contribution in [3.63, 3.8) is 0 Å². The van der Waals surface area contributed by atoms with Gasteiger partial charge in [-0.3, -0.25) is 24.3 Å². The summed E-state index contributed by atoms with van der Waals surface area (Å²) in [7, 11) is 0. The molecule has 1 fully saturated rings. The Hall–Kier alpha value is -1.35. The summed E-state index contributed by atoms with van der Waals surface area (Å²) in [5, 5.41) is 9.10. The molecular weight excluding hydrogens is 324 g/mol. The third-order valence-corrected chi connectivity index (χ3v) is 4.51. The first-order chi connectivity index (χ1) is 11.9. The number of aliphatic carboxylic acids is 1. The van der Waals surface area contributed by atoms with E-state index in [1.807, 2.05) is 9.80 Å². The Morgan fingerprint density at radius 3 is 1.68 bits per heavy atom. The van der Waals surface area contributed by atoms with E-state index in [-0.39, 0.29) is 12.3 Å². The third-order valence-electron chi connectivity index (χ3n) is 4.51. The molecule has 0 aliphatic carbocycles. The average Bonchev–Trinajstić information content (AvgIpc) is 2.54. The van der Waals surface area contributed by atoms with Crippen molar-refractivity contribution < 1.29 is 19.5 Å². The molecule has 1 aliphatic heterocycles. The molecular formula is C17H32N4O4. The smallest absolute Gasteiger partial charge is 0.317 e. The van der Waals surface area contributed by atoms with E-state index in [1.54, 1.807) is 6.92 Å². The van der Waals surface area contributed by atoms with Crippen molar-refractivity contribution in [3.8, 4) is 0 Å². The normalized spacial score (nSPS) is 20.6. The van der Waals surface area contributed by atoms with Gasteiger partial charge in [-0.05, 0) is 13.5 Å². The van der Waals surface area contributed by atoms with Crippen molar-refractivity contribution in [1.29, 1.82) is 0 Å². The van der Waals surface area contributed by atoms with Crippen molar-refractivity contribution in [2.75, 3.05) is 78.5 Å². The molecule has 0 unspecified atom stereocenters. The highest BCUT2D eigenvalue weighted by Crippen LogP contribution is 2.00. The summed E-state index contributed by atoms with van der Waals surface area (Å²) in [6.45, 7) is 11.2. The molecule has 0 aromatic rings. The van der Waals surface area contributed by atoms with E-state index in [0.29, 0.717) is 39.3 Å². The molecule has 1 rings (SSSR count). The number of likely N-dealkylation sites (N-methyl/N-ethyl adjacent to an activating group) is 1. The molecule has 0 bridgehead atoms. The zero-order valence-corrected chi connectivity index (χ0v) is 15.5. The van der Waals surface area contributed by atoms with Crippen LogP contribution >= 0.6 is 0 Å². The number of carboxylic acids is 1. The Balaban J connectivity index is 2.77. The van der Waals surface area contributed by atoms with Gasteiger partial charge in [-0.1, -0.05) is 6.92 Å². The Labute approximate surface area is 150 Å². The maximum Gasteiger partial charge on any atom is 0.317 e. The average molecular weight is 356 g/mol. The Kier molecular flexibility index (Phi) is 10.5. The van der Waals surface area contributed by atoms with Gasteiger partial charge in [-0.25, -0.2) is 0 Å². The summed E-state index contributed by atoms with van der Waals surface area (Å²) < 4.78 is 0. The molecule has 0 radical (unpaired) electrons. The minimum absolute atomic E-state index is 0.0168. The minimum Gasteiger partial charge on any atom is -0.480 e. The van der Waals surface area contributed by atoms with Crippen molar-refractivity contribution in [2.45, 2.75) is 13.8 Å². The number of carbonyl (C=O) groups is 3. The van der Waals surface area contributed by atoms with Crippen LogP contribution in [0.2, 0.25) is 0 Å². The maximum absolute atomic E-state index is 11.5. The van der Waals surface area contributed by atoms with Crippen LogP contribution in [0.4, 0.5) is 0 Å². The molecule has 8 nitrogen and oxygen atoms in total. The van der Waals surface area contributed by atoms with Crippen LogP contribution in [0, 0.1) is 0 Å². The van der Waals surface area contributed by atoms with Crippen LogP contribution < -0.4 is 0 Å². The fourth-order valence-corrected chi connectivity index (χ4v) is 3.01. The molecule has 1 saturated heterocycles. The maximum atomic E-state index is 11.5.